The number of nitriles is 1. The van der Waals surface area contributed by atoms with Crippen molar-refractivity contribution in [2.45, 2.75) is 25.3 Å². The van der Waals surface area contributed by atoms with E-state index in [0.717, 1.165) is 35.4 Å². The maximum Gasteiger partial charge on any atom is 0.138 e. The zero-order chi connectivity index (χ0) is 15.6. The summed E-state index contributed by atoms with van der Waals surface area (Å²) in [5.41, 5.74) is 3.71. The Balaban J connectivity index is 1.85. The number of hydrogen-bond donors (Lipinski definition) is 1. The molecule has 0 amide bonds. The molecule has 0 atom stereocenters. The molecule has 1 heterocycles. The molecule has 1 N–H and O–H groups in total. The van der Waals surface area contributed by atoms with E-state index in [1.54, 1.807) is 12.3 Å². The summed E-state index contributed by atoms with van der Waals surface area (Å²) in [5.74, 6) is 0.768. The van der Waals surface area contributed by atoms with E-state index >= 15 is 0 Å². The average Bonchev–Trinajstić information content (AvgIpc) is 3.35. The summed E-state index contributed by atoms with van der Waals surface area (Å²) in [6.45, 7) is 2.63. The first-order valence-corrected chi connectivity index (χ1v) is 7.45. The van der Waals surface area contributed by atoms with Gasteiger partial charge < -0.3 is 10.1 Å². The lowest BCUT2D eigenvalue weighted by atomic mass is 10.0. The Labute approximate surface area is 130 Å². The largest absolute Gasteiger partial charge is 0.490 e. The van der Waals surface area contributed by atoms with Crippen LogP contribution < -0.4 is 10.1 Å². The van der Waals surface area contributed by atoms with Gasteiger partial charge in [0.2, 0.25) is 0 Å². The van der Waals surface area contributed by atoms with Crippen molar-refractivity contribution in [3.05, 3.63) is 47.8 Å². The molecular formula is C18H19N3O. The van der Waals surface area contributed by atoms with Crippen molar-refractivity contribution in [2.24, 2.45) is 0 Å². The van der Waals surface area contributed by atoms with Crippen LogP contribution in [0.25, 0.3) is 11.1 Å². The second-order valence-corrected chi connectivity index (χ2v) is 5.82. The van der Waals surface area contributed by atoms with Crippen molar-refractivity contribution in [1.29, 1.82) is 5.26 Å². The Morgan fingerprint density at radius 2 is 2.18 bits per heavy atom. The summed E-state index contributed by atoms with van der Waals surface area (Å²) in [5, 5.41) is 12.4. The van der Waals surface area contributed by atoms with E-state index in [1.807, 2.05) is 38.2 Å². The lowest BCUT2D eigenvalue weighted by molar-refractivity contribution is 0.259. The van der Waals surface area contributed by atoms with Gasteiger partial charge in [-0.2, -0.15) is 5.26 Å². The van der Waals surface area contributed by atoms with E-state index in [4.69, 9.17) is 10.00 Å². The second-order valence-electron chi connectivity index (χ2n) is 5.82. The van der Waals surface area contributed by atoms with Crippen LogP contribution in [0, 0.1) is 18.3 Å². The first-order valence-electron chi connectivity index (χ1n) is 7.45. The molecule has 1 aromatic heterocycles. The molecule has 112 valence electrons. The van der Waals surface area contributed by atoms with Gasteiger partial charge in [-0.25, -0.2) is 0 Å². The minimum Gasteiger partial charge on any atom is -0.490 e. The fourth-order valence-corrected chi connectivity index (χ4v) is 2.48. The number of hydrogen-bond acceptors (Lipinski definition) is 4. The number of ether oxygens (including phenoxy) is 1. The Bertz CT molecular complexity index is 729. The van der Waals surface area contributed by atoms with E-state index < -0.39 is 0 Å². The molecule has 1 saturated carbocycles. The van der Waals surface area contributed by atoms with Gasteiger partial charge in [0.15, 0.2) is 0 Å². The van der Waals surface area contributed by atoms with Gasteiger partial charge >= 0.3 is 0 Å². The van der Waals surface area contributed by atoms with Gasteiger partial charge in [-0.15, -0.1) is 0 Å². The van der Waals surface area contributed by atoms with Crippen molar-refractivity contribution in [2.75, 3.05) is 13.7 Å². The molecule has 0 saturated heterocycles. The quantitative estimate of drug-likeness (QED) is 0.920. The number of benzene rings is 1. The monoisotopic (exact) mass is 293 g/mol. The molecule has 4 heteroatoms. The van der Waals surface area contributed by atoms with Gasteiger partial charge in [0.1, 0.15) is 12.4 Å². The minimum absolute atomic E-state index is 0.145. The molecule has 1 aliphatic rings. The van der Waals surface area contributed by atoms with Crippen LogP contribution in [-0.4, -0.2) is 24.2 Å². The molecule has 1 aliphatic carbocycles. The van der Waals surface area contributed by atoms with Crippen molar-refractivity contribution >= 4 is 0 Å². The Hall–Kier alpha value is -2.38. The van der Waals surface area contributed by atoms with E-state index in [1.165, 1.54) is 0 Å². The lowest BCUT2D eigenvalue weighted by Gasteiger charge is -2.16. The minimum atomic E-state index is 0.145. The highest BCUT2D eigenvalue weighted by Gasteiger charge is 2.41. The average molecular weight is 293 g/mol. The summed E-state index contributed by atoms with van der Waals surface area (Å²) in [7, 11) is 1.97. The third-order valence-electron chi connectivity index (χ3n) is 4.26. The van der Waals surface area contributed by atoms with Crippen molar-refractivity contribution < 1.29 is 4.74 Å². The maximum atomic E-state index is 9.04. The summed E-state index contributed by atoms with van der Waals surface area (Å²) in [6.07, 6.45) is 4.07. The zero-order valence-corrected chi connectivity index (χ0v) is 12.9. The van der Waals surface area contributed by atoms with Gasteiger partial charge in [-0.1, -0.05) is 12.1 Å². The van der Waals surface area contributed by atoms with Crippen molar-refractivity contribution in [3.8, 4) is 22.9 Å². The zero-order valence-electron chi connectivity index (χ0n) is 12.9. The van der Waals surface area contributed by atoms with Crippen LogP contribution in [0.2, 0.25) is 0 Å². The number of nitrogens with one attached hydrogen (secondary N) is 1. The fraction of sp³-hybridized carbons (Fsp3) is 0.333. The normalized spacial score (nSPS) is 15.1. The molecule has 2 aromatic rings. The van der Waals surface area contributed by atoms with E-state index in [9.17, 15) is 0 Å². The number of likely N-dealkylation sites (N-methyl/N-ethyl adjacent to an activating group) is 1. The van der Waals surface area contributed by atoms with Gasteiger partial charge in [0.05, 0.1) is 23.4 Å². The number of nitrogens with zero attached hydrogens (tertiary/aromatic N) is 2. The van der Waals surface area contributed by atoms with Crippen molar-refractivity contribution in [1.82, 2.24) is 10.3 Å². The molecular weight excluding hydrogens is 274 g/mol. The van der Waals surface area contributed by atoms with Crippen LogP contribution in [0.15, 0.2) is 36.5 Å². The third-order valence-corrected chi connectivity index (χ3v) is 4.26. The molecule has 22 heavy (non-hydrogen) atoms. The van der Waals surface area contributed by atoms with E-state index in [-0.39, 0.29) is 5.54 Å². The Kier molecular flexibility index (Phi) is 3.82. The van der Waals surface area contributed by atoms with Gasteiger partial charge in [0.25, 0.3) is 0 Å². The number of rotatable bonds is 5. The highest BCUT2D eigenvalue weighted by molar-refractivity contribution is 5.68. The SMILES string of the molecule is CNC1(COc2cnc(C)c(-c3cccc(C#N)c3)c2)CC1. The maximum absolute atomic E-state index is 9.04. The molecule has 0 unspecified atom stereocenters. The summed E-state index contributed by atoms with van der Waals surface area (Å²) in [6, 6.07) is 11.7. The molecule has 1 fully saturated rings. The number of aryl methyl sites for hydroxylation is 1. The number of pyridine rings is 1. The molecule has 4 nitrogen and oxygen atoms in total. The lowest BCUT2D eigenvalue weighted by Crippen LogP contribution is -2.33. The van der Waals surface area contributed by atoms with E-state index in [0.29, 0.717) is 12.2 Å². The summed E-state index contributed by atoms with van der Waals surface area (Å²) in [4.78, 5) is 4.43. The summed E-state index contributed by atoms with van der Waals surface area (Å²) >= 11 is 0. The predicted octanol–water partition coefficient (Wildman–Crippen LogP) is 3.06. The number of aromatic nitrogens is 1. The highest BCUT2D eigenvalue weighted by Crippen LogP contribution is 2.35. The van der Waals surface area contributed by atoms with Crippen LogP contribution in [0.5, 0.6) is 5.75 Å². The first kappa shape index (κ1) is 14.6. The molecule has 0 bridgehead atoms. The van der Waals surface area contributed by atoms with Gasteiger partial charge in [-0.3, -0.25) is 4.98 Å². The first-order chi connectivity index (χ1) is 10.7. The van der Waals surface area contributed by atoms with Crippen LogP contribution in [0.4, 0.5) is 0 Å². The summed E-state index contributed by atoms with van der Waals surface area (Å²) < 4.78 is 5.91. The van der Waals surface area contributed by atoms with Crippen LogP contribution in [0.3, 0.4) is 0 Å². The molecule has 3 rings (SSSR count). The van der Waals surface area contributed by atoms with Crippen molar-refractivity contribution in [3.63, 3.8) is 0 Å². The standard InChI is InChI=1S/C18H19N3O/c1-13-17(15-5-3-4-14(8-15)10-19)9-16(11-21-13)22-12-18(20-2)6-7-18/h3-5,8-9,11,20H,6-7,12H2,1-2H3. The van der Waals surface area contributed by atoms with Crippen LogP contribution >= 0.6 is 0 Å². The Morgan fingerprint density at radius 3 is 2.86 bits per heavy atom. The smallest absolute Gasteiger partial charge is 0.138 e. The molecule has 0 spiro atoms. The molecule has 0 radical (unpaired) electrons. The Morgan fingerprint density at radius 1 is 1.36 bits per heavy atom. The predicted molar refractivity (Wildman–Crippen MR) is 85.6 cm³/mol. The highest BCUT2D eigenvalue weighted by atomic mass is 16.5. The van der Waals surface area contributed by atoms with Gasteiger partial charge in [0, 0.05) is 11.3 Å². The van der Waals surface area contributed by atoms with Crippen LogP contribution in [-0.2, 0) is 0 Å². The van der Waals surface area contributed by atoms with E-state index in [2.05, 4.69) is 16.4 Å². The second kappa shape index (κ2) is 5.78. The van der Waals surface area contributed by atoms with Crippen LogP contribution in [0.1, 0.15) is 24.1 Å². The fourth-order valence-electron chi connectivity index (χ4n) is 2.48. The molecule has 1 aromatic carbocycles. The van der Waals surface area contributed by atoms with Gasteiger partial charge in [-0.05, 0) is 50.6 Å². The topological polar surface area (TPSA) is 57.9 Å². The molecule has 0 aliphatic heterocycles. The third kappa shape index (κ3) is 2.95.